The third kappa shape index (κ3) is 5.31. The van der Waals surface area contributed by atoms with E-state index < -0.39 is 0 Å². The summed E-state index contributed by atoms with van der Waals surface area (Å²) in [5.74, 6) is 0. The van der Waals surface area contributed by atoms with Crippen molar-refractivity contribution in [1.82, 2.24) is 10.2 Å². The Bertz CT molecular complexity index is 803. The van der Waals surface area contributed by atoms with E-state index in [2.05, 4.69) is 108 Å². The van der Waals surface area contributed by atoms with E-state index >= 15 is 0 Å². The van der Waals surface area contributed by atoms with Crippen LogP contribution < -0.4 is 5.32 Å². The molecular formula is C30H38N2. The van der Waals surface area contributed by atoms with E-state index in [0.717, 1.165) is 0 Å². The van der Waals surface area contributed by atoms with Gasteiger partial charge in [0.05, 0.1) is 5.54 Å². The van der Waals surface area contributed by atoms with Crippen molar-refractivity contribution >= 4 is 0 Å². The summed E-state index contributed by atoms with van der Waals surface area (Å²) in [4.78, 5) is 2.67. The van der Waals surface area contributed by atoms with E-state index in [4.69, 9.17) is 0 Å². The van der Waals surface area contributed by atoms with Gasteiger partial charge in [0.25, 0.3) is 0 Å². The van der Waals surface area contributed by atoms with Crippen LogP contribution >= 0.6 is 0 Å². The number of benzene rings is 3. The van der Waals surface area contributed by atoms with E-state index in [0.29, 0.717) is 6.04 Å². The number of nitrogens with zero attached hydrogens (tertiary/aromatic N) is 1. The average Bonchev–Trinajstić information content (AvgIpc) is 2.88. The molecule has 0 amide bonds. The molecule has 0 radical (unpaired) electrons. The number of unbranched alkanes of at least 4 members (excludes halogenated alkanes) is 3. The van der Waals surface area contributed by atoms with Crippen molar-refractivity contribution in [2.24, 2.45) is 0 Å². The van der Waals surface area contributed by atoms with Crippen molar-refractivity contribution in [2.45, 2.75) is 57.0 Å². The van der Waals surface area contributed by atoms with Gasteiger partial charge in [-0.15, -0.1) is 0 Å². The maximum Gasteiger partial charge on any atom is 0.0950 e. The predicted octanol–water partition coefficient (Wildman–Crippen LogP) is 6.61. The lowest BCUT2D eigenvalue weighted by Crippen LogP contribution is -2.53. The minimum atomic E-state index is -0.349. The van der Waals surface area contributed by atoms with Crippen LogP contribution in [0, 0.1) is 0 Å². The van der Waals surface area contributed by atoms with E-state index in [1.807, 2.05) is 0 Å². The first-order valence-corrected chi connectivity index (χ1v) is 12.5. The molecule has 3 aromatic rings. The lowest BCUT2D eigenvalue weighted by molar-refractivity contribution is 0.182. The Hall–Kier alpha value is -2.42. The highest BCUT2D eigenvalue weighted by Crippen LogP contribution is 2.38. The number of piperidine rings is 1. The van der Waals surface area contributed by atoms with Gasteiger partial charge in [-0.05, 0) is 55.6 Å². The lowest BCUT2D eigenvalue weighted by atomic mass is 9.76. The molecule has 0 aliphatic carbocycles. The third-order valence-corrected chi connectivity index (χ3v) is 6.96. The summed E-state index contributed by atoms with van der Waals surface area (Å²) >= 11 is 0. The largest absolute Gasteiger partial charge is 0.303 e. The van der Waals surface area contributed by atoms with Crippen LogP contribution in [0.15, 0.2) is 91.0 Å². The molecular weight excluding hydrogens is 388 g/mol. The minimum Gasteiger partial charge on any atom is -0.303 e. The highest BCUT2D eigenvalue weighted by atomic mass is 15.1. The molecule has 1 aliphatic rings. The number of hydrogen-bond donors (Lipinski definition) is 1. The fourth-order valence-electron chi connectivity index (χ4n) is 5.18. The molecule has 0 aromatic heterocycles. The zero-order valence-electron chi connectivity index (χ0n) is 19.5. The molecule has 4 rings (SSSR count). The van der Waals surface area contributed by atoms with Gasteiger partial charge >= 0.3 is 0 Å². The Morgan fingerprint density at radius 3 is 1.59 bits per heavy atom. The van der Waals surface area contributed by atoms with Crippen LogP contribution in [-0.2, 0) is 5.54 Å². The van der Waals surface area contributed by atoms with Gasteiger partial charge in [0.15, 0.2) is 0 Å². The monoisotopic (exact) mass is 426 g/mol. The summed E-state index contributed by atoms with van der Waals surface area (Å²) in [7, 11) is 0. The fourth-order valence-corrected chi connectivity index (χ4v) is 5.18. The first-order chi connectivity index (χ1) is 15.8. The summed E-state index contributed by atoms with van der Waals surface area (Å²) in [5.41, 5.74) is 3.57. The molecule has 2 heteroatoms. The molecule has 0 unspecified atom stereocenters. The summed E-state index contributed by atoms with van der Waals surface area (Å²) in [6.45, 7) is 5.93. The Morgan fingerprint density at radius 2 is 1.16 bits per heavy atom. The standard InChI is InChI=1S/C30H38N2/c1-2-3-4-14-23-32-24-21-29(22-25-32)31-30(26-15-8-5-9-16-26,27-17-10-6-11-18-27)28-19-12-7-13-20-28/h5-13,15-20,29,31H,2-4,14,21-25H2,1H3. The summed E-state index contributed by atoms with van der Waals surface area (Å²) in [5, 5.41) is 4.19. The second-order valence-electron chi connectivity index (χ2n) is 9.17. The van der Waals surface area contributed by atoms with Gasteiger partial charge < -0.3 is 4.90 Å². The predicted molar refractivity (Wildman–Crippen MR) is 136 cm³/mol. The van der Waals surface area contributed by atoms with Gasteiger partial charge in [-0.2, -0.15) is 0 Å². The van der Waals surface area contributed by atoms with Crippen LogP contribution in [0.5, 0.6) is 0 Å². The van der Waals surface area contributed by atoms with Crippen molar-refractivity contribution in [1.29, 1.82) is 0 Å². The van der Waals surface area contributed by atoms with Gasteiger partial charge in [0.2, 0.25) is 0 Å². The molecule has 1 heterocycles. The molecule has 1 aliphatic heterocycles. The number of likely N-dealkylation sites (tertiary alicyclic amines) is 1. The Labute approximate surface area is 194 Å². The molecule has 1 saturated heterocycles. The van der Waals surface area contributed by atoms with Gasteiger partial charge in [0, 0.05) is 6.04 Å². The first kappa shape index (κ1) is 22.8. The van der Waals surface area contributed by atoms with Gasteiger partial charge in [-0.25, -0.2) is 0 Å². The topological polar surface area (TPSA) is 15.3 Å². The van der Waals surface area contributed by atoms with Crippen molar-refractivity contribution in [2.75, 3.05) is 19.6 Å². The molecule has 32 heavy (non-hydrogen) atoms. The Morgan fingerprint density at radius 1 is 0.688 bits per heavy atom. The smallest absolute Gasteiger partial charge is 0.0950 e. The maximum atomic E-state index is 4.19. The van der Waals surface area contributed by atoms with Gasteiger partial charge in [-0.3, -0.25) is 5.32 Å². The van der Waals surface area contributed by atoms with Gasteiger partial charge in [-0.1, -0.05) is 117 Å². The minimum absolute atomic E-state index is 0.349. The molecule has 168 valence electrons. The van der Waals surface area contributed by atoms with Crippen molar-refractivity contribution in [3.63, 3.8) is 0 Å². The molecule has 2 nitrogen and oxygen atoms in total. The SMILES string of the molecule is CCCCCCN1CCC(NC(c2ccccc2)(c2ccccc2)c2ccccc2)CC1. The third-order valence-electron chi connectivity index (χ3n) is 6.96. The quantitative estimate of drug-likeness (QED) is 0.290. The summed E-state index contributed by atoms with van der Waals surface area (Å²) < 4.78 is 0. The number of hydrogen-bond acceptors (Lipinski definition) is 2. The number of rotatable bonds is 10. The molecule has 1 N–H and O–H groups in total. The van der Waals surface area contributed by atoms with Gasteiger partial charge in [0.1, 0.15) is 0 Å². The second-order valence-corrected chi connectivity index (χ2v) is 9.17. The van der Waals surface area contributed by atoms with E-state index in [1.54, 1.807) is 0 Å². The van der Waals surface area contributed by atoms with Crippen LogP contribution in [0.2, 0.25) is 0 Å². The zero-order chi connectivity index (χ0) is 22.1. The Kier molecular flexibility index (Phi) is 8.14. The lowest BCUT2D eigenvalue weighted by Gasteiger charge is -2.42. The van der Waals surface area contributed by atoms with Crippen LogP contribution in [0.4, 0.5) is 0 Å². The highest BCUT2D eigenvalue weighted by molar-refractivity contribution is 5.49. The molecule has 1 fully saturated rings. The normalized spacial score (nSPS) is 15.7. The van der Waals surface area contributed by atoms with Crippen LogP contribution in [0.25, 0.3) is 0 Å². The highest BCUT2D eigenvalue weighted by Gasteiger charge is 2.38. The van der Waals surface area contributed by atoms with Crippen LogP contribution in [0.1, 0.15) is 62.1 Å². The summed E-state index contributed by atoms with van der Waals surface area (Å²) in [6.07, 6.45) is 7.78. The molecule has 0 bridgehead atoms. The Balaban J connectivity index is 1.60. The molecule has 0 saturated carbocycles. The van der Waals surface area contributed by atoms with E-state index in [1.165, 1.54) is 74.8 Å². The summed E-state index contributed by atoms with van der Waals surface area (Å²) in [6, 6.07) is 33.4. The van der Waals surface area contributed by atoms with Crippen molar-refractivity contribution in [3.05, 3.63) is 108 Å². The first-order valence-electron chi connectivity index (χ1n) is 12.5. The van der Waals surface area contributed by atoms with Crippen LogP contribution in [0.3, 0.4) is 0 Å². The zero-order valence-corrected chi connectivity index (χ0v) is 19.5. The molecule has 0 spiro atoms. The van der Waals surface area contributed by atoms with E-state index in [-0.39, 0.29) is 5.54 Å². The van der Waals surface area contributed by atoms with Crippen LogP contribution in [-0.4, -0.2) is 30.6 Å². The van der Waals surface area contributed by atoms with E-state index in [9.17, 15) is 0 Å². The van der Waals surface area contributed by atoms with Crippen molar-refractivity contribution in [3.8, 4) is 0 Å². The maximum absolute atomic E-state index is 4.19. The number of nitrogens with one attached hydrogen (secondary N) is 1. The second kappa shape index (κ2) is 11.4. The molecule has 3 aromatic carbocycles. The fraction of sp³-hybridized carbons (Fsp3) is 0.400. The van der Waals surface area contributed by atoms with Crippen molar-refractivity contribution < 1.29 is 0 Å². The average molecular weight is 427 g/mol. The molecule has 0 atom stereocenters.